The van der Waals surface area contributed by atoms with Crippen LogP contribution in [-0.2, 0) is 55.0 Å². The van der Waals surface area contributed by atoms with Crippen molar-refractivity contribution in [3.63, 3.8) is 0 Å². The summed E-state index contributed by atoms with van der Waals surface area (Å²) in [6, 6.07) is 91.7. The van der Waals surface area contributed by atoms with E-state index in [4.69, 9.17) is 18.9 Å². The van der Waals surface area contributed by atoms with Gasteiger partial charge in [-0.25, -0.2) is 4.79 Å². The van der Waals surface area contributed by atoms with Gasteiger partial charge in [-0.3, -0.25) is 4.79 Å². The molecule has 104 heavy (non-hydrogen) atoms. The molecule has 0 aliphatic heterocycles. The number of rotatable bonds is 17. The predicted molar refractivity (Wildman–Crippen MR) is 443 cm³/mol. The number of Topliss-reactive ketones (excluding diaryl/α,β-unsaturated/α-hetero) is 1. The average molecular weight is 1570 g/mol. The van der Waals surface area contributed by atoms with Crippen molar-refractivity contribution >= 4 is 149 Å². The quantitative estimate of drug-likeness (QED) is 0.0549. The standard InChI is InChI=1S/C24H23NO3.C22H19NO2.C22H21NO.C21H19NO.BBr3/c1-3-19-14-21-22(28-16-23(26)27-2)13-18-11-7-8-12-20(18)24(21)25(19)15-17-9-5-4-6-10-17;1-15(24)20-13-19-21(25-2)12-17-10-6-7-11-18(17)22(19)23(20)14-16-8-4-3-5-9-16;1-3-18-14-20-21(24-2)13-17-11-7-8-12-19(17)22(20)23(18)15-16-9-5-4-6-10-16;1-2-17-13-19-20(23)12-16-10-6-7-11-18(16)21(19)22(17)14-15-8-4-3-5-9-15;2-1(3)4/h4-14H,3,15-16H2,1-2H3;3-13H,14H2,1-2H3;4-14H,3,15H2,1-2H3;3-13,23H,2,14H2,1H3;. The van der Waals surface area contributed by atoms with Gasteiger partial charge in [0, 0.05) is 93.3 Å². The number of phenols is 1. The molecule has 4 heterocycles. The molecular weight excluding hydrogens is 1490 g/mol. The van der Waals surface area contributed by atoms with Crippen molar-refractivity contribution in [1.29, 1.82) is 0 Å². The van der Waals surface area contributed by atoms with E-state index in [-0.39, 0.29) is 21.5 Å². The molecule has 16 aromatic rings. The van der Waals surface area contributed by atoms with E-state index in [9.17, 15) is 14.7 Å². The highest BCUT2D eigenvalue weighted by Gasteiger charge is 2.22. The Bertz CT molecular complexity index is 5660. The van der Waals surface area contributed by atoms with Gasteiger partial charge in [0.2, 0.25) is 0 Å². The number of aromatic hydroxyl groups is 1. The molecule has 0 aliphatic rings. The van der Waals surface area contributed by atoms with Crippen LogP contribution in [0.4, 0.5) is 0 Å². The van der Waals surface area contributed by atoms with Crippen molar-refractivity contribution in [2.24, 2.45) is 0 Å². The van der Waals surface area contributed by atoms with Gasteiger partial charge in [0.05, 0.1) is 49.1 Å². The van der Waals surface area contributed by atoms with Crippen LogP contribution in [0.5, 0.6) is 23.0 Å². The Kier molecular flexibility index (Phi) is 24.2. The van der Waals surface area contributed by atoms with E-state index in [1.165, 1.54) is 73.3 Å². The molecular formula is C89H82BBr3N4O7. The van der Waals surface area contributed by atoms with Crippen molar-refractivity contribution in [3.8, 4) is 23.0 Å². The Morgan fingerprint density at radius 1 is 0.365 bits per heavy atom. The van der Waals surface area contributed by atoms with Crippen LogP contribution in [0, 0.1) is 0 Å². The second-order valence-electron chi connectivity index (χ2n) is 25.3. The molecule has 4 aromatic heterocycles. The third kappa shape index (κ3) is 16.4. The Morgan fingerprint density at radius 2 is 0.654 bits per heavy atom. The lowest BCUT2D eigenvalue weighted by Crippen LogP contribution is -2.12. The zero-order valence-electron chi connectivity index (χ0n) is 59.5. The van der Waals surface area contributed by atoms with Crippen LogP contribution < -0.4 is 14.2 Å². The highest BCUT2D eigenvalue weighted by atomic mass is 79.9. The predicted octanol–water partition coefficient (Wildman–Crippen LogP) is 22.7. The minimum Gasteiger partial charge on any atom is -0.507 e. The summed E-state index contributed by atoms with van der Waals surface area (Å²) in [4.78, 5) is 23.9. The Balaban J connectivity index is 0.000000128. The van der Waals surface area contributed by atoms with Gasteiger partial charge >= 0.3 is 9.15 Å². The van der Waals surface area contributed by atoms with E-state index >= 15 is 0 Å². The highest BCUT2D eigenvalue weighted by Crippen LogP contribution is 2.41. The molecule has 16 rings (SSSR count). The number of phenolic OH excluding ortho intramolecular Hbond substituents is 1. The van der Waals surface area contributed by atoms with Crippen molar-refractivity contribution in [2.75, 3.05) is 27.9 Å². The number of carbonyl (C=O) groups is 2. The fourth-order valence-corrected chi connectivity index (χ4v) is 14.1. The maximum Gasteiger partial charge on any atom is 0.369 e. The third-order valence-electron chi connectivity index (χ3n) is 18.9. The fraction of sp³-hybridized carbons (Fsp3) is 0.169. The first-order valence-corrected chi connectivity index (χ1v) is 37.7. The number of hydrogen-bond donors (Lipinski definition) is 1. The topological polar surface area (TPSA) is 111 Å². The normalized spacial score (nSPS) is 11.0. The van der Waals surface area contributed by atoms with E-state index in [0.717, 1.165) is 110 Å². The molecule has 0 unspecified atom stereocenters. The summed E-state index contributed by atoms with van der Waals surface area (Å²) in [5, 5.41) is 23.9. The molecule has 0 spiro atoms. The van der Waals surface area contributed by atoms with E-state index in [0.29, 0.717) is 23.7 Å². The Morgan fingerprint density at radius 3 is 1.00 bits per heavy atom. The first kappa shape index (κ1) is 73.4. The first-order valence-electron chi connectivity index (χ1n) is 34.9. The molecule has 12 aromatic carbocycles. The second-order valence-corrected chi connectivity index (χ2v) is 31.7. The molecule has 15 heteroatoms. The molecule has 0 fully saturated rings. The lowest BCUT2D eigenvalue weighted by atomic mass is 10.1. The second kappa shape index (κ2) is 34.3. The number of nitrogens with zero attached hydrogens (tertiary/aromatic N) is 4. The first-order chi connectivity index (χ1) is 50.7. The van der Waals surface area contributed by atoms with Gasteiger partial charge < -0.3 is 42.3 Å². The lowest BCUT2D eigenvalue weighted by Gasteiger charge is -2.13. The molecule has 0 atom stereocenters. The van der Waals surface area contributed by atoms with E-state index in [1.807, 2.05) is 78.9 Å². The molecule has 524 valence electrons. The summed E-state index contributed by atoms with van der Waals surface area (Å²) in [5.41, 5.74) is 14.1. The summed E-state index contributed by atoms with van der Waals surface area (Å²) in [5.74, 6) is 2.48. The fourth-order valence-electron chi connectivity index (χ4n) is 14.1. The largest absolute Gasteiger partial charge is 0.507 e. The number of ketones is 1. The van der Waals surface area contributed by atoms with Crippen LogP contribution >= 0.6 is 47.3 Å². The van der Waals surface area contributed by atoms with Crippen LogP contribution in [0.15, 0.2) is 267 Å². The number of aromatic nitrogens is 4. The van der Waals surface area contributed by atoms with Crippen LogP contribution in [0.1, 0.15) is 77.5 Å². The molecule has 0 amide bonds. The SMILES string of the molecule is BrB(Br)Br.CCc1cc2c(O)cc3ccccc3c2n1Cc1ccccc1.CCc1cc2c(OC)cc3ccccc3c2n1Cc1ccccc1.CCc1cc2c(OCC(=O)OC)cc3ccccc3c2n1Cc1ccccc1.COc1cc2ccccc2c2c1cc(C(C)=O)n2Cc1ccccc1. The van der Waals surface area contributed by atoms with Crippen molar-refractivity contribution in [1.82, 2.24) is 18.3 Å². The number of ether oxygens (including phenoxy) is 4. The number of halogens is 3. The molecule has 0 radical (unpaired) electrons. The minimum atomic E-state index is -0.388. The van der Waals surface area contributed by atoms with Gasteiger partial charge in [-0.2, -0.15) is 0 Å². The number of fused-ring (bicyclic) bond motifs is 12. The minimum absolute atomic E-state index is 0.0539. The number of methoxy groups -OCH3 is 3. The molecule has 0 saturated heterocycles. The van der Waals surface area contributed by atoms with Crippen LogP contribution in [-0.4, -0.2) is 66.2 Å². The van der Waals surface area contributed by atoms with Gasteiger partial charge in [-0.05, 0) is 112 Å². The molecule has 0 saturated carbocycles. The molecule has 11 nitrogen and oxygen atoms in total. The van der Waals surface area contributed by atoms with Gasteiger partial charge in [0.1, 0.15) is 23.0 Å². The monoisotopic (exact) mass is 1570 g/mol. The van der Waals surface area contributed by atoms with Gasteiger partial charge in [-0.15, -0.1) is 47.3 Å². The summed E-state index contributed by atoms with van der Waals surface area (Å²) in [7, 11) is 4.79. The van der Waals surface area contributed by atoms with E-state index < -0.39 is 0 Å². The smallest absolute Gasteiger partial charge is 0.369 e. The molecule has 0 aliphatic carbocycles. The van der Waals surface area contributed by atoms with Crippen LogP contribution in [0.2, 0.25) is 0 Å². The van der Waals surface area contributed by atoms with Gasteiger partial charge in [-0.1, -0.05) is 239 Å². The van der Waals surface area contributed by atoms with Crippen LogP contribution in [0.25, 0.3) is 86.7 Å². The summed E-state index contributed by atoms with van der Waals surface area (Å²) in [6.45, 7) is 11.2. The molecule has 1 N–H and O–H groups in total. The maximum atomic E-state index is 12.3. The maximum absolute atomic E-state index is 12.3. The highest BCUT2D eigenvalue weighted by molar-refractivity contribution is 9.69. The third-order valence-corrected chi connectivity index (χ3v) is 18.9. The zero-order valence-corrected chi connectivity index (χ0v) is 64.2. The molecule has 0 bridgehead atoms. The zero-order chi connectivity index (χ0) is 72.8. The van der Waals surface area contributed by atoms with Gasteiger partial charge in [0.25, 0.3) is 0 Å². The Labute approximate surface area is 632 Å². The van der Waals surface area contributed by atoms with Crippen molar-refractivity contribution in [2.45, 2.75) is 73.1 Å². The van der Waals surface area contributed by atoms with Crippen molar-refractivity contribution in [3.05, 3.63) is 312 Å². The number of benzene rings is 12. The summed E-state index contributed by atoms with van der Waals surface area (Å²) < 4.78 is 31.4. The number of hydrogen-bond acceptors (Lipinski definition) is 7. The van der Waals surface area contributed by atoms with E-state index in [1.54, 1.807) is 21.1 Å². The van der Waals surface area contributed by atoms with E-state index in [2.05, 4.69) is 274 Å². The number of aryl methyl sites for hydroxylation is 3. The summed E-state index contributed by atoms with van der Waals surface area (Å²) in [6.07, 6.45) is 2.85. The van der Waals surface area contributed by atoms with Crippen molar-refractivity contribution < 1.29 is 33.6 Å². The lowest BCUT2D eigenvalue weighted by molar-refractivity contribution is -0.142. The Hall–Kier alpha value is -10.3. The number of carbonyl (C=O) groups excluding carboxylic acids is 2. The van der Waals surface area contributed by atoms with Gasteiger partial charge in [0.15, 0.2) is 12.4 Å². The average Bonchev–Trinajstić information content (AvgIpc) is 1.60. The number of esters is 1. The van der Waals surface area contributed by atoms with Crippen LogP contribution in [0.3, 0.4) is 0 Å². The summed E-state index contributed by atoms with van der Waals surface area (Å²) >= 11 is 9.31.